The third-order valence-electron chi connectivity index (χ3n) is 1.58. The van der Waals surface area contributed by atoms with E-state index in [0.717, 1.165) is 0 Å². The number of carbonyl (C=O) groups is 1. The maximum absolute atomic E-state index is 11.4. The van der Waals surface area contributed by atoms with Gasteiger partial charge in [-0.3, -0.25) is 0 Å². The van der Waals surface area contributed by atoms with E-state index in [1.165, 1.54) is 0 Å². The lowest BCUT2D eigenvalue weighted by Gasteiger charge is -2.18. The predicted octanol–water partition coefficient (Wildman–Crippen LogP) is 0.467. The van der Waals surface area contributed by atoms with Gasteiger partial charge in [-0.25, -0.2) is 13.2 Å². The lowest BCUT2D eigenvalue weighted by atomic mass is 10.3. The summed E-state index contributed by atoms with van der Waals surface area (Å²) in [4.78, 5) is 10.0. The Morgan fingerprint density at radius 2 is 1.85 bits per heavy atom. The Morgan fingerprint density at radius 3 is 2.15 bits per heavy atom. The third-order valence-corrected chi connectivity index (χ3v) is 4.19. The summed E-state index contributed by atoms with van der Waals surface area (Å²) in [6.45, 7) is 4.70. The van der Waals surface area contributed by atoms with Crippen molar-refractivity contribution in [3.63, 3.8) is 0 Å². The number of hydrogen-bond donors (Lipinski definition) is 2. The lowest BCUT2D eigenvalue weighted by Crippen LogP contribution is -2.36. The van der Waals surface area contributed by atoms with E-state index in [1.807, 2.05) is 5.32 Å². The highest BCUT2D eigenvalue weighted by Gasteiger charge is 2.28. The van der Waals surface area contributed by atoms with Crippen molar-refractivity contribution in [2.75, 3.05) is 12.3 Å². The monoisotopic (exact) mass is 209 g/mol. The molecule has 1 amide bonds. The molecular formula is C7H15NO4S. The number of hydrogen-bond acceptors (Lipinski definition) is 3. The van der Waals surface area contributed by atoms with Crippen LogP contribution in [0.25, 0.3) is 0 Å². The lowest BCUT2D eigenvalue weighted by molar-refractivity contribution is 0.195. The maximum atomic E-state index is 11.4. The van der Waals surface area contributed by atoms with Gasteiger partial charge >= 0.3 is 6.09 Å². The number of carboxylic acid groups (broad SMARTS) is 1. The van der Waals surface area contributed by atoms with E-state index >= 15 is 0 Å². The third kappa shape index (κ3) is 4.12. The van der Waals surface area contributed by atoms with Crippen LogP contribution < -0.4 is 5.32 Å². The fourth-order valence-electron chi connectivity index (χ4n) is 0.599. The molecule has 0 radical (unpaired) electrons. The van der Waals surface area contributed by atoms with Crippen LogP contribution in [0, 0.1) is 0 Å². The molecule has 0 aromatic rings. The topological polar surface area (TPSA) is 83.5 Å². The second kappa shape index (κ2) is 3.95. The Kier molecular flexibility index (Phi) is 3.71. The molecule has 0 atom stereocenters. The average Bonchev–Trinajstić information content (AvgIpc) is 1.82. The van der Waals surface area contributed by atoms with Gasteiger partial charge in [0.15, 0.2) is 9.84 Å². The van der Waals surface area contributed by atoms with Gasteiger partial charge < -0.3 is 10.4 Å². The van der Waals surface area contributed by atoms with Gasteiger partial charge in [0.25, 0.3) is 0 Å². The summed E-state index contributed by atoms with van der Waals surface area (Å²) in [5.74, 6) is -0.164. The first kappa shape index (κ1) is 12.2. The van der Waals surface area contributed by atoms with Crippen molar-refractivity contribution in [2.24, 2.45) is 0 Å². The van der Waals surface area contributed by atoms with E-state index < -0.39 is 20.7 Å². The van der Waals surface area contributed by atoms with Gasteiger partial charge in [0.05, 0.1) is 10.5 Å². The van der Waals surface area contributed by atoms with Crippen molar-refractivity contribution in [2.45, 2.75) is 25.5 Å². The minimum Gasteiger partial charge on any atom is -0.465 e. The largest absolute Gasteiger partial charge is 0.465 e. The molecule has 0 saturated heterocycles. The Bertz CT molecular complexity index is 275. The maximum Gasteiger partial charge on any atom is 0.404 e. The smallest absolute Gasteiger partial charge is 0.404 e. The summed E-state index contributed by atoms with van der Waals surface area (Å²) < 4.78 is 22.0. The summed E-state index contributed by atoms with van der Waals surface area (Å²) in [5.41, 5.74) is 0. The number of amides is 1. The van der Waals surface area contributed by atoms with E-state index in [2.05, 4.69) is 0 Å². The predicted molar refractivity (Wildman–Crippen MR) is 49.6 cm³/mol. The van der Waals surface area contributed by atoms with Crippen molar-refractivity contribution >= 4 is 15.9 Å². The highest BCUT2D eigenvalue weighted by molar-refractivity contribution is 7.92. The van der Waals surface area contributed by atoms with E-state index in [9.17, 15) is 13.2 Å². The first-order chi connectivity index (χ1) is 5.67. The molecule has 0 aliphatic carbocycles. The second-order valence-electron chi connectivity index (χ2n) is 3.66. The van der Waals surface area contributed by atoms with Crippen LogP contribution in [0.15, 0.2) is 0 Å². The zero-order valence-electron chi connectivity index (χ0n) is 7.99. The first-order valence-corrected chi connectivity index (χ1v) is 5.51. The van der Waals surface area contributed by atoms with E-state index in [1.54, 1.807) is 20.8 Å². The molecule has 78 valence electrons. The Balaban J connectivity index is 4.15. The van der Waals surface area contributed by atoms with Crippen molar-refractivity contribution in [3.8, 4) is 0 Å². The second-order valence-corrected chi connectivity index (χ2v) is 6.53. The fraction of sp³-hybridized carbons (Fsp3) is 0.857. The minimum absolute atomic E-state index is 0.0606. The number of nitrogens with one attached hydrogen (secondary N) is 1. The Hall–Kier alpha value is -0.780. The molecule has 13 heavy (non-hydrogen) atoms. The minimum atomic E-state index is -3.22. The molecule has 0 rings (SSSR count). The summed E-state index contributed by atoms with van der Waals surface area (Å²) >= 11 is 0. The van der Waals surface area contributed by atoms with Gasteiger partial charge in [-0.1, -0.05) is 0 Å². The summed E-state index contributed by atoms with van der Waals surface area (Å²) in [6, 6.07) is 0. The quantitative estimate of drug-likeness (QED) is 0.707. The first-order valence-electron chi connectivity index (χ1n) is 3.86. The van der Waals surface area contributed by atoms with E-state index in [4.69, 9.17) is 5.11 Å². The SMILES string of the molecule is CC(C)(C)S(=O)(=O)CCNC(=O)O. The normalized spacial score (nSPS) is 12.5. The van der Waals surface area contributed by atoms with Crippen molar-refractivity contribution in [3.05, 3.63) is 0 Å². The van der Waals surface area contributed by atoms with Crippen LogP contribution in [0.3, 0.4) is 0 Å². The van der Waals surface area contributed by atoms with Crippen molar-refractivity contribution in [1.29, 1.82) is 0 Å². The molecule has 0 fully saturated rings. The zero-order chi connectivity index (χ0) is 10.7. The Labute approximate surface area is 78.1 Å². The van der Waals surface area contributed by atoms with E-state index in [-0.39, 0.29) is 12.3 Å². The molecule has 0 spiro atoms. The molecule has 2 N–H and O–H groups in total. The van der Waals surface area contributed by atoms with Crippen LogP contribution >= 0.6 is 0 Å². The molecule has 0 unspecified atom stereocenters. The fourth-order valence-corrected chi connectivity index (χ4v) is 1.58. The number of rotatable bonds is 3. The van der Waals surface area contributed by atoms with Crippen LogP contribution in [0.1, 0.15) is 20.8 Å². The van der Waals surface area contributed by atoms with Crippen LogP contribution in [0.5, 0.6) is 0 Å². The van der Waals surface area contributed by atoms with Crippen molar-refractivity contribution < 1.29 is 18.3 Å². The van der Waals surface area contributed by atoms with Crippen LogP contribution in [-0.4, -0.2) is 36.7 Å². The molecule has 0 heterocycles. The molecule has 0 aliphatic heterocycles. The highest BCUT2D eigenvalue weighted by atomic mass is 32.2. The molecule has 6 heteroatoms. The molecular weight excluding hydrogens is 194 g/mol. The molecule has 0 saturated carbocycles. The summed E-state index contributed by atoms with van der Waals surface area (Å²) in [7, 11) is -3.22. The summed E-state index contributed by atoms with van der Waals surface area (Å²) in [5, 5.41) is 10.2. The standard InChI is InChI=1S/C7H15NO4S/c1-7(2,3)13(11,12)5-4-8-6(9)10/h8H,4-5H2,1-3H3,(H,9,10). The van der Waals surface area contributed by atoms with Crippen LogP contribution in [0.4, 0.5) is 4.79 Å². The van der Waals surface area contributed by atoms with Gasteiger partial charge in [-0.05, 0) is 20.8 Å². The Morgan fingerprint density at radius 1 is 1.38 bits per heavy atom. The molecule has 5 nitrogen and oxygen atoms in total. The van der Waals surface area contributed by atoms with Crippen molar-refractivity contribution in [1.82, 2.24) is 5.32 Å². The van der Waals surface area contributed by atoms with E-state index in [0.29, 0.717) is 0 Å². The molecule has 0 aromatic heterocycles. The van der Waals surface area contributed by atoms with Crippen LogP contribution in [0.2, 0.25) is 0 Å². The molecule has 0 bridgehead atoms. The summed E-state index contributed by atoms with van der Waals surface area (Å²) in [6.07, 6.45) is -1.20. The highest BCUT2D eigenvalue weighted by Crippen LogP contribution is 2.14. The van der Waals surface area contributed by atoms with Gasteiger partial charge in [0.1, 0.15) is 0 Å². The number of sulfone groups is 1. The van der Waals surface area contributed by atoms with Gasteiger partial charge in [-0.2, -0.15) is 0 Å². The zero-order valence-corrected chi connectivity index (χ0v) is 8.81. The van der Waals surface area contributed by atoms with Crippen LogP contribution in [-0.2, 0) is 9.84 Å². The molecule has 0 aromatic carbocycles. The van der Waals surface area contributed by atoms with Gasteiger partial charge in [-0.15, -0.1) is 0 Å². The van der Waals surface area contributed by atoms with Gasteiger partial charge in [0, 0.05) is 6.54 Å². The van der Waals surface area contributed by atoms with Gasteiger partial charge in [0.2, 0.25) is 0 Å². The molecule has 0 aliphatic rings. The average molecular weight is 209 g/mol.